The Hall–Kier alpha value is -3.30. The molecule has 0 spiro atoms. The number of alkyl halides is 3. The summed E-state index contributed by atoms with van der Waals surface area (Å²) in [4.78, 5) is 27.4. The Morgan fingerprint density at radius 1 is 1.09 bits per heavy atom. The van der Waals surface area contributed by atoms with Gasteiger partial charge < -0.3 is 20.4 Å². The Balaban J connectivity index is 1.28. The molecule has 180 valence electrons. The molecular weight excluding hydrogens is 447 g/mol. The maximum absolute atomic E-state index is 13.0. The van der Waals surface area contributed by atoms with Crippen molar-refractivity contribution >= 4 is 22.8 Å². The molecule has 3 N–H and O–H groups in total. The normalized spacial score (nSPS) is 18.0. The van der Waals surface area contributed by atoms with E-state index in [1.54, 1.807) is 11.1 Å². The summed E-state index contributed by atoms with van der Waals surface area (Å²) in [5.74, 6) is 1.01. The van der Waals surface area contributed by atoms with Crippen LogP contribution in [0.2, 0.25) is 0 Å². The van der Waals surface area contributed by atoms with Crippen LogP contribution < -0.4 is 10.5 Å². The monoisotopic (exact) mass is 473 g/mol. The number of carbonyl (C=O) groups excluding carboxylic acids is 1. The number of hydrogen-bond donors (Lipinski definition) is 2. The number of nitrogens with zero attached hydrogens (tertiary/aromatic N) is 3. The zero-order valence-electron chi connectivity index (χ0n) is 18.6. The van der Waals surface area contributed by atoms with Gasteiger partial charge in [-0.25, -0.2) is 9.97 Å². The molecular formula is C24H26F3N5O2. The average molecular weight is 473 g/mol. The minimum absolute atomic E-state index is 0.0402. The van der Waals surface area contributed by atoms with Crippen LogP contribution >= 0.6 is 0 Å². The van der Waals surface area contributed by atoms with Crippen molar-refractivity contribution in [1.29, 1.82) is 0 Å². The van der Waals surface area contributed by atoms with Crippen molar-refractivity contribution in [2.75, 3.05) is 18.8 Å². The quantitative estimate of drug-likeness (QED) is 0.513. The zero-order valence-corrected chi connectivity index (χ0v) is 18.6. The molecule has 0 atom stereocenters. The van der Waals surface area contributed by atoms with Crippen molar-refractivity contribution in [2.24, 2.45) is 0 Å². The second-order valence-corrected chi connectivity index (χ2v) is 9.07. The van der Waals surface area contributed by atoms with Gasteiger partial charge in [0.1, 0.15) is 11.6 Å². The van der Waals surface area contributed by atoms with Gasteiger partial charge in [0.05, 0.1) is 11.1 Å². The molecule has 1 aliphatic heterocycles. The Morgan fingerprint density at radius 3 is 2.50 bits per heavy atom. The van der Waals surface area contributed by atoms with E-state index in [0.29, 0.717) is 19.0 Å². The molecule has 0 bridgehead atoms. The third kappa shape index (κ3) is 4.53. The van der Waals surface area contributed by atoms with Crippen molar-refractivity contribution in [3.63, 3.8) is 0 Å². The largest absolute Gasteiger partial charge is 0.573 e. The molecule has 7 nitrogen and oxygen atoms in total. The number of nitrogens with one attached hydrogen (secondary N) is 1. The summed E-state index contributed by atoms with van der Waals surface area (Å²) >= 11 is 0. The fourth-order valence-corrected chi connectivity index (χ4v) is 5.18. The molecule has 1 amide bonds. The number of fused-ring (bicyclic) bond motifs is 1. The van der Waals surface area contributed by atoms with Gasteiger partial charge in [0.15, 0.2) is 5.65 Å². The van der Waals surface area contributed by atoms with Crippen molar-refractivity contribution in [1.82, 2.24) is 19.9 Å². The Kier molecular flexibility index (Phi) is 5.83. The van der Waals surface area contributed by atoms with E-state index >= 15 is 0 Å². The van der Waals surface area contributed by atoms with Crippen LogP contribution in [0.4, 0.5) is 18.9 Å². The highest BCUT2D eigenvalue weighted by molar-refractivity contribution is 5.99. The summed E-state index contributed by atoms with van der Waals surface area (Å²) in [5.41, 5.74) is 8.90. The summed E-state index contributed by atoms with van der Waals surface area (Å²) in [5, 5.41) is 0. The molecule has 0 unspecified atom stereocenters. The topological polar surface area (TPSA) is 97.1 Å². The van der Waals surface area contributed by atoms with Crippen LogP contribution in [0.5, 0.6) is 5.75 Å². The highest BCUT2D eigenvalue weighted by atomic mass is 19.4. The molecule has 2 fully saturated rings. The molecule has 10 heteroatoms. The number of nitrogen functional groups attached to an aromatic ring is 1. The summed E-state index contributed by atoms with van der Waals surface area (Å²) in [7, 11) is 0. The van der Waals surface area contributed by atoms with Crippen LogP contribution in [0.3, 0.4) is 0 Å². The number of halogens is 3. The summed E-state index contributed by atoms with van der Waals surface area (Å²) in [6, 6.07) is 5.45. The van der Waals surface area contributed by atoms with Gasteiger partial charge >= 0.3 is 6.36 Å². The lowest BCUT2D eigenvalue weighted by Crippen LogP contribution is -2.38. The number of likely N-dealkylation sites (tertiary alicyclic amines) is 1. The molecule has 1 saturated heterocycles. The minimum atomic E-state index is -4.81. The van der Waals surface area contributed by atoms with Crippen LogP contribution in [0.1, 0.15) is 72.1 Å². The molecule has 3 aromatic rings. The van der Waals surface area contributed by atoms with E-state index in [4.69, 9.17) is 10.7 Å². The maximum atomic E-state index is 13.0. The molecule has 1 aliphatic carbocycles. The number of aromatic nitrogens is 3. The van der Waals surface area contributed by atoms with Crippen LogP contribution in [0.25, 0.3) is 11.2 Å². The van der Waals surface area contributed by atoms with Crippen LogP contribution in [-0.4, -0.2) is 45.2 Å². The first-order valence-corrected chi connectivity index (χ1v) is 11.6. The molecule has 34 heavy (non-hydrogen) atoms. The Bertz CT molecular complexity index is 1200. The third-order valence-electron chi connectivity index (χ3n) is 6.89. The van der Waals surface area contributed by atoms with Crippen molar-refractivity contribution in [3.8, 4) is 5.75 Å². The van der Waals surface area contributed by atoms with E-state index < -0.39 is 12.1 Å². The van der Waals surface area contributed by atoms with Gasteiger partial charge in [-0.1, -0.05) is 12.8 Å². The van der Waals surface area contributed by atoms with Gasteiger partial charge in [-0.15, -0.1) is 13.2 Å². The number of piperidine rings is 1. The van der Waals surface area contributed by atoms with Crippen LogP contribution in [0, 0.1) is 0 Å². The molecule has 2 aromatic heterocycles. The Labute approximate surface area is 194 Å². The number of H-pyrrole nitrogens is 1. The van der Waals surface area contributed by atoms with Crippen molar-refractivity contribution in [2.45, 2.75) is 56.7 Å². The van der Waals surface area contributed by atoms with Gasteiger partial charge in [0, 0.05) is 37.0 Å². The van der Waals surface area contributed by atoms with E-state index in [2.05, 4.69) is 14.7 Å². The minimum Gasteiger partial charge on any atom is -0.406 e. The number of nitrogens with two attached hydrogens (primary N) is 1. The number of pyridine rings is 1. The smallest absolute Gasteiger partial charge is 0.406 e. The van der Waals surface area contributed by atoms with E-state index in [0.717, 1.165) is 54.8 Å². The van der Waals surface area contributed by atoms with Gasteiger partial charge in [-0.3, -0.25) is 4.79 Å². The molecule has 5 rings (SSSR count). The number of hydrogen-bond acceptors (Lipinski definition) is 5. The zero-order chi connectivity index (χ0) is 23.9. The maximum Gasteiger partial charge on any atom is 0.573 e. The number of rotatable bonds is 4. The van der Waals surface area contributed by atoms with E-state index in [1.165, 1.54) is 24.5 Å². The molecule has 1 saturated carbocycles. The SMILES string of the molecule is Nc1cc(OC(F)(F)F)ccc1C(=O)N1CCC(c2ccnc3nc(C4CCCC4)[nH]c23)CC1. The molecule has 3 heterocycles. The number of anilines is 1. The summed E-state index contributed by atoms with van der Waals surface area (Å²) in [6.07, 6.45) is 3.28. The highest BCUT2D eigenvalue weighted by Crippen LogP contribution is 2.36. The van der Waals surface area contributed by atoms with Gasteiger partial charge in [0.2, 0.25) is 0 Å². The summed E-state index contributed by atoms with van der Waals surface area (Å²) < 4.78 is 41.2. The van der Waals surface area contributed by atoms with Crippen molar-refractivity contribution < 1.29 is 22.7 Å². The first kappa shape index (κ1) is 22.5. The molecule has 2 aliphatic rings. The number of imidazole rings is 1. The lowest BCUT2D eigenvalue weighted by atomic mass is 9.89. The lowest BCUT2D eigenvalue weighted by Gasteiger charge is -2.32. The predicted molar refractivity (Wildman–Crippen MR) is 121 cm³/mol. The standard InChI is InChI=1S/C24H26F3N5O2/c25-24(26,27)34-16-5-6-18(19(28)13-16)23(33)32-11-8-14(9-12-32)17-7-10-29-22-20(17)30-21(31-22)15-3-1-2-4-15/h5-7,10,13-15H,1-4,8-9,11-12,28H2,(H,29,30,31). The number of aromatic amines is 1. The second-order valence-electron chi connectivity index (χ2n) is 9.07. The van der Waals surface area contributed by atoms with Gasteiger partial charge in [0.25, 0.3) is 5.91 Å². The second kappa shape index (κ2) is 8.81. The summed E-state index contributed by atoms with van der Waals surface area (Å²) in [6.45, 7) is 1.05. The Morgan fingerprint density at radius 2 is 1.82 bits per heavy atom. The van der Waals surface area contributed by atoms with E-state index in [-0.39, 0.29) is 23.1 Å². The molecule has 0 radical (unpaired) electrons. The predicted octanol–water partition coefficient (Wildman–Crippen LogP) is 5.12. The van der Waals surface area contributed by atoms with Crippen LogP contribution in [0.15, 0.2) is 30.5 Å². The fourth-order valence-electron chi connectivity index (χ4n) is 5.18. The van der Waals surface area contributed by atoms with Crippen molar-refractivity contribution in [3.05, 3.63) is 47.4 Å². The number of amides is 1. The molecule has 1 aromatic carbocycles. The van der Waals surface area contributed by atoms with E-state index in [1.807, 2.05) is 6.07 Å². The van der Waals surface area contributed by atoms with Gasteiger partial charge in [-0.2, -0.15) is 0 Å². The first-order chi connectivity index (χ1) is 16.3. The average Bonchev–Trinajstić information content (AvgIpc) is 3.47. The van der Waals surface area contributed by atoms with E-state index in [9.17, 15) is 18.0 Å². The van der Waals surface area contributed by atoms with Crippen LogP contribution in [-0.2, 0) is 0 Å². The number of benzene rings is 1. The fraction of sp³-hybridized carbons (Fsp3) is 0.458. The first-order valence-electron chi connectivity index (χ1n) is 11.6. The highest BCUT2D eigenvalue weighted by Gasteiger charge is 2.32. The third-order valence-corrected chi connectivity index (χ3v) is 6.89. The van der Waals surface area contributed by atoms with Gasteiger partial charge in [-0.05, 0) is 55.4 Å². The lowest BCUT2D eigenvalue weighted by molar-refractivity contribution is -0.274. The number of ether oxygens (including phenoxy) is 1. The number of carbonyl (C=O) groups is 1.